The van der Waals surface area contributed by atoms with Gasteiger partial charge in [-0.15, -0.1) is 0 Å². The van der Waals surface area contributed by atoms with Crippen LogP contribution in [-0.4, -0.2) is 23.0 Å². The minimum Gasteiger partial charge on any atom is -0.299 e. The Morgan fingerprint density at radius 3 is 2.22 bits per heavy atom. The molecule has 0 aliphatic rings. The topological polar surface area (TPSA) is 16.1 Å². The summed E-state index contributed by atoms with van der Waals surface area (Å²) in [5, 5.41) is 1.17. The van der Waals surface area contributed by atoms with E-state index in [1.807, 2.05) is 0 Å². The SMILES string of the molecule is CCCCN(CCCC)Cc1cnc(Cl)cc1Cl. The second-order valence-electron chi connectivity index (χ2n) is 4.58. The number of unbranched alkanes of at least 4 members (excludes halogenated alkanes) is 2. The van der Waals surface area contributed by atoms with Gasteiger partial charge in [0.1, 0.15) is 5.15 Å². The summed E-state index contributed by atoms with van der Waals surface area (Å²) in [6.45, 7) is 7.54. The predicted octanol–water partition coefficient (Wildman–Crippen LogP) is 4.79. The minimum atomic E-state index is 0.456. The van der Waals surface area contributed by atoms with Crippen molar-refractivity contribution in [3.63, 3.8) is 0 Å². The van der Waals surface area contributed by atoms with Crippen LogP contribution >= 0.6 is 23.2 Å². The first-order chi connectivity index (χ1) is 8.67. The van der Waals surface area contributed by atoms with Crippen LogP contribution in [0.15, 0.2) is 12.3 Å². The molecule has 0 bridgehead atoms. The summed E-state index contributed by atoms with van der Waals surface area (Å²) in [5.74, 6) is 0. The summed E-state index contributed by atoms with van der Waals surface area (Å²) in [5.41, 5.74) is 1.06. The van der Waals surface area contributed by atoms with Crippen LogP contribution in [0.3, 0.4) is 0 Å². The van der Waals surface area contributed by atoms with E-state index in [1.165, 1.54) is 25.7 Å². The van der Waals surface area contributed by atoms with Crippen molar-refractivity contribution in [2.45, 2.75) is 46.1 Å². The summed E-state index contributed by atoms with van der Waals surface area (Å²) in [6.07, 6.45) is 6.67. The minimum absolute atomic E-state index is 0.456. The first-order valence-electron chi connectivity index (χ1n) is 6.69. The molecule has 0 radical (unpaired) electrons. The lowest BCUT2D eigenvalue weighted by molar-refractivity contribution is 0.257. The zero-order valence-electron chi connectivity index (χ0n) is 11.3. The van der Waals surface area contributed by atoms with Crippen LogP contribution < -0.4 is 0 Å². The Kier molecular flexibility index (Phi) is 7.64. The number of pyridine rings is 1. The van der Waals surface area contributed by atoms with Gasteiger partial charge in [0.05, 0.1) is 0 Å². The Balaban J connectivity index is 2.62. The molecule has 1 aromatic heterocycles. The van der Waals surface area contributed by atoms with Crippen LogP contribution in [0.5, 0.6) is 0 Å². The van der Waals surface area contributed by atoms with Crippen LogP contribution in [0.2, 0.25) is 10.2 Å². The van der Waals surface area contributed by atoms with Crippen molar-refractivity contribution in [2.24, 2.45) is 0 Å². The highest BCUT2D eigenvalue weighted by atomic mass is 35.5. The molecule has 0 N–H and O–H groups in total. The lowest BCUT2D eigenvalue weighted by Crippen LogP contribution is -2.25. The third-order valence-corrected chi connectivity index (χ3v) is 3.50. The normalized spacial score (nSPS) is 11.2. The quantitative estimate of drug-likeness (QED) is 0.640. The molecule has 0 aromatic carbocycles. The fourth-order valence-electron chi connectivity index (χ4n) is 1.83. The van der Waals surface area contributed by atoms with Crippen molar-refractivity contribution in [1.82, 2.24) is 9.88 Å². The van der Waals surface area contributed by atoms with Gasteiger partial charge in [-0.2, -0.15) is 0 Å². The Bertz CT molecular complexity index is 348. The fourth-order valence-corrected chi connectivity index (χ4v) is 2.25. The van der Waals surface area contributed by atoms with Crippen LogP contribution in [0.25, 0.3) is 0 Å². The molecule has 0 aliphatic heterocycles. The fraction of sp³-hybridized carbons (Fsp3) is 0.643. The highest BCUT2D eigenvalue weighted by molar-refractivity contribution is 6.34. The summed E-state index contributed by atoms with van der Waals surface area (Å²) in [6, 6.07) is 1.72. The maximum absolute atomic E-state index is 6.19. The average molecular weight is 289 g/mol. The van der Waals surface area contributed by atoms with Crippen molar-refractivity contribution < 1.29 is 0 Å². The van der Waals surface area contributed by atoms with Crippen molar-refractivity contribution in [2.75, 3.05) is 13.1 Å². The Morgan fingerprint density at radius 2 is 1.72 bits per heavy atom. The maximum Gasteiger partial charge on any atom is 0.130 e. The molecular weight excluding hydrogens is 267 g/mol. The predicted molar refractivity (Wildman–Crippen MR) is 79.4 cm³/mol. The lowest BCUT2D eigenvalue weighted by Gasteiger charge is -2.22. The third kappa shape index (κ3) is 5.55. The molecule has 2 nitrogen and oxygen atoms in total. The smallest absolute Gasteiger partial charge is 0.130 e. The average Bonchev–Trinajstić information content (AvgIpc) is 2.35. The zero-order chi connectivity index (χ0) is 13.4. The van der Waals surface area contributed by atoms with Gasteiger partial charge in [0, 0.05) is 23.3 Å². The van der Waals surface area contributed by atoms with Crippen LogP contribution in [0.4, 0.5) is 0 Å². The molecule has 102 valence electrons. The van der Waals surface area contributed by atoms with E-state index in [0.29, 0.717) is 10.2 Å². The molecule has 0 atom stereocenters. The third-order valence-electron chi connectivity index (χ3n) is 2.95. The van der Waals surface area contributed by atoms with Gasteiger partial charge in [0.2, 0.25) is 0 Å². The van der Waals surface area contributed by atoms with E-state index in [2.05, 4.69) is 23.7 Å². The first kappa shape index (κ1) is 15.7. The summed E-state index contributed by atoms with van der Waals surface area (Å²) < 4.78 is 0. The zero-order valence-corrected chi connectivity index (χ0v) is 12.8. The molecule has 0 amide bonds. The summed E-state index contributed by atoms with van der Waals surface area (Å²) >= 11 is 12.0. The van der Waals surface area contributed by atoms with E-state index < -0.39 is 0 Å². The van der Waals surface area contributed by atoms with Gasteiger partial charge in [0.15, 0.2) is 0 Å². The van der Waals surface area contributed by atoms with Gasteiger partial charge in [-0.25, -0.2) is 4.98 Å². The molecule has 0 unspecified atom stereocenters. The maximum atomic E-state index is 6.19. The highest BCUT2D eigenvalue weighted by Gasteiger charge is 2.09. The second kappa shape index (κ2) is 8.73. The molecule has 0 fully saturated rings. The summed E-state index contributed by atoms with van der Waals surface area (Å²) in [7, 11) is 0. The number of hydrogen-bond acceptors (Lipinski definition) is 2. The molecule has 4 heteroatoms. The Labute approximate surface area is 120 Å². The largest absolute Gasteiger partial charge is 0.299 e. The summed E-state index contributed by atoms with van der Waals surface area (Å²) in [4.78, 5) is 6.56. The molecule has 1 aromatic rings. The van der Waals surface area contributed by atoms with Crippen LogP contribution in [0.1, 0.15) is 45.1 Å². The monoisotopic (exact) mass is 288 g/mol. The Morgan fingerprint density at radius 1 is 1.11 bits per heavy atom. The van der Waals surface area contributed by atoms with Gasteiger partial charge in [-0.05, 0) is 32.0 Å². The lowest BCUT2D eigenvalue weighted by atomic mass is 10.2. The molecular formula is C14H22Cl2N2. The number of aromatic nitrogens is 1. The molecule has 0 aliphatic carbocycles. The molecule has 0 spiro atoms. The molecule has 1 rings (SSSR count). The van der Waals surface area contributed by atoms with Crippen LogP contribution in [0, 0.1) is 0 Å². The number of nitrogens with zero attached hydrogens (tertiary/aromatic N) is 2. The van der Waals surface area contributed by atoms with E-state index in [-0.39, 0.29) is 0 Å². The highest BCUT2D eigenvalue weighted by Crippen LogP contribution is 2.20. The molecule has 1 heterocycles. The van der Waals surface area contributed by atoms with Crippen molar-refractivity contribution in [1.29, 1.82) is 0 Å². The van der Waals surface area contributed by atoms with Crippen molar-refractivity contribution >= 4 is 23.2 Å². The number of halogens is 2. The van der Waals surface area contributed by atoms with Gasteiger partial charge >= 0.3 is 0 Å². The van der Waals surface area contributed by atoms with Crippen molar-refractivity contribution in [3.05, 3.63) is 28.0 Å². The standard InChI is InChI=1S/C14H22Cl2N2/c1-3-5-7-18(8-6-4-2)11-12-10-17-14(16)9-13(12)15/h9-10H,3-8,11H2,1-2H3. The van der Waals surface area contributed by atoms with E-state index in [9.17, 15) is 0 Å². The molecule has 18 heavy (non-hydrogen) atoms. The van der Waals surface area contributed by atoms with E-state index in [4.69, 9.17) is 23.2 Å². The first-order valence-corrected chi connectivity index (χ1v) is 7.45. The molecule has 0 saturated heterocycles. The Hall–Kier alpha value is -0.310. The molecule has 0 saturated carbocycles. The van der Waals surface area contributed by atoms with Gasteiger partial charge < -0.3 is 0 Å². The van der Waals surface area contributed by atoms with Crippen molar-refractivity contribution in [3.8, 4) is 0 Å². The second-order valence-corrected chi connectivity index (χ2v) is 5.38. The van der Waals surface area contributed by atoms with Gasteiger partial charge in [0.25, 0.3) is 0 Å². The number of rotatable bonds is 8. The number of hydrogen-bond donors (Lipinski definition) is 0. The van der Waals surface area contributed by atoms with E-state index in [1.54, 1.807) is 12.3 Å². The van der Waals surface area contributed by atoms with Crippen LogP contribution in [-0.2, 0) is 6.54 Å². The van der Waals surface area contributed by atoms with E-state index in [0.717, 1.165) is 25.2 Å². The van der Waals surface area contributed by atoms with Gasteiger partial charge in [-0.1, -0.05) is 49.9 Å². The van der Waals surface area contributed by atoms with Gasteiger partial charge in [-0.3, -0.25) is 4.90 Å². The van der Waals surface area contributed by atoms with E-state index >= 15 is 0 Å².